The lowest BCUT2D eigenvalue weighted by Crippen LogP contribution is -2.48. The highest BCUT2D eigenvalue weighted by Crippen LogP contribution is 2.30. The Kier molecular flexibility index (Phi) is 6.67. The van der Waals surface area contributed by atoms with Crippen molar-refractivity contribution < 1.29 is 8.85 Å². The highest BCUT2D eigenvalue weighted by Gasteiger charge is 2.42. The average Bonchev–Trinajstić information content (AvgIpc) is 2.33. The molecule has 0 aliphatic heterocycles. The summed E-state index contributed by atoms with van der Waals surface area (Å²) in [6, 6.07) is 3.52. The van der Waals surface area contributed by atoms with Crippen LogP contribution < -0.4 is 0 Å². The molecule has 0 radical (unpaired) electrons. The Morgan fingerprint density at radius 1 is 1.00 bits per heavy atom. The first-order valence-electron chi connectivity index (χ1n) is 5.81. The van der Waals surface area contributed by atoms with Crippen molar-refractivity contribution >= 4 is 16.6 Å². The van der Waals surface area contributed by atoms with Crippen LogP contribution in [0.15, 0.2) is 12.3 Å². The van der Waals surface area contributed by atoms with Gasteiger partial charge in [0.1, 0.15) is 0 Å². The minimum atomic E-state index is -1.93. The summed E-state index contributed by atoms with van der Waals surface area (Å²) >= 11 is 0. The van der Waals surface area contributed by atoms with E-state index in [2.05, 4.69) is 33.0 Å². The van der Waals surface area contributed by atoms with Crippen molar-refractivity contribution in [3.05, 3.63) is 12.3 Å². The molecular formula is C11H26O2Si2. The molecule has 0 atom stereocenters. The molecule has 2 nitrogen and oxygen atoms in total. The van der Waals surface area contributed by atoms with Crippen molar-refractivity contribution in [3.63, 3.8) is 0 Å². The maximum Gasteiger partial charge on any atom is 0.334 e. The van der Waals surface area contributed by atoms with Crippen LogP contribution in [0, 0.1) is 0 Å². The molecule has 0 saturated carbocycles. The minimum absolute atomic E-state index is 1.03. The van der Waals surface area contributed by atoms with E-state index in [9.17, 15) is 0 Å². The van der Waals surface area contributed by atoms with Gasteiger partial charge in [-0.05, 0) is 11.7 Å². The smallest absolute Gasteiger partial charge is 0.334 e. The summed E-state index contributed by atoms with van der Waals surface area (Å²) in [5, 5.41) is 0. The van der Waals surface area contributed by atoms with Gasteiger partial charge in [-0.15, -0.1) is 12.3 Å². The van der Waals surface area contributed by atoms with Crippen molar-refractivity contribution in [2.45, 2.75) is 44.6 Å². The third kappa shape index (κ3) is 3.55. The molecule has 0 aromatic rings. The van der Waals surface area contributed by atoms with Crippen LogP contribution in [0.4, 0.5) is 0 Å². The van der Waals surface area contributed by atoms with E-state index in [0.717, 1.165) is 11.7 Å². The molecule has 0 amide bonds. The van der Waals surface area contributed by atoms with Crippen LogP contribution in [0.3, 0.4) is 0 Å². The van der Waals surface area contributed by atoms with Crippen LogP contribution in [0.1, 0.15) is 20.8 Å². The lowest BCUT2D eigenvalue weighted by Gasteiger charge is -2.35. The Balaban J connectivity index is 4.82. The quantitative estimate of drug-likeness (QED) is 0.610. The second-order valence-electron chi connectivity index (χ2n) is 4.12. The molecule has 0 fully saturated rings. The topological polar surface area (TPSA) is 18.5 Å². The van der Waals surface area contributed by atoms with E-state index in [1.807, 2.05) is 0 Å². The predicted molar refractivity (Wildman–Crippen MR) is 72.0 cm³/mol. The minimum Gasteiger partial charge on any atom is -0.398 e. The van der Waals surface area contributed by atoms with Gasteiger partial charge in [0.2, 0.25) is 0 Å². The van der Waals surface area contributed by atoms with E-state index in [4.69, 9.17) is 8.85 Å². The normalized spacial score (nSPS) is 12.9. The zero-order valence-corrected chi connectivity index (χ0v) is 12.9. The number of hydrogen-bond acceptors (Lipinski definition) is 2. The summed E-state index contributed by atoms with van der Waals surface area (Å²) < 4.78 is 11.4. The van der Waals surface area contributed by atoms with Crippen LogP contribution >= 0.6 is 0 Å². The second-order valence-corrected chi connectivity index (χ2v) is 13.4. The van der Waals surface area contributed by atoms with E-state index in [-0.39, 0.29) is 0 Å². The van der Waals surface area contributed by atoms with E-state index >= 15 is 0 Å². The zero-order valence-electron chi connectivity index (χ0n) is 10.9. The van der Waals surface area contributed by atoms with E-state index < -0.39 is 16.6 Å². The van der Waals surface area contributed by atoms with Crippen molar-refractivity contribution in [3.8, 4) is 0 Å². The summed E-state index contributed by atoms with van der Waals surface area (Å²) in [6.07, 6.45) is 0. The first-order chi connectivity index (χ1) is 7.07. The lowest BCUT2D eigenvalue weighted by atomic mass is 10.9. The average molecular weight is 246 g/mol. The Morgan fingerprint density at radius 3 is 1.67 bits per heavy atom. The molecule has 0 spiro atoms. The third-order valence-electron chi connectivity index (χ3n) is 3.75. The summed E-state index contributed by atoms with van der Waals surface area (Å²) in [5.41, 5.74) is 3.38. The molecule has 4 heteroatoms. The molecule has 0 unspecified atom stereocenters. The van der Waals surface area contributed by atoms with Crippen molar-refractivity contribution in [2.75, 3.05) is 14.2 Å². The summed E-state index contributed by atoms with van der Waals surface area (Å²) in [6.45, 7) is 10.8. The molecule has 0 aromatic heterocycles. The van der Waals surface area contributed by atoms with Crippen LogP contribution in [0.2, 0.25) is 23.8 Å². The number of rotatable bonds is 8. The molecular weight excluding hydrogens is 220 g/mol. The van der Waals surface area contributed by atoms with Gasteiger partial charge in [0.25, 0.3) is 0 Å². The van der Waals surface area contributed by atoms with Crippen LogP contribution in [0.25, 0.3) is 0 Å². The van der Waals surface area contributed by atoms with Gasteiger partial charge in [-0.1, -0.05) is 32.9 Å². The molecule has 0 aliphatic rings. The molecule has 0 aliphatic carbocycles. The maximum absolute atomic E-state index is 5.70. The van der Waals surface area contributed by atoms with Gasteiger partial charge in [0, 0.05) is 14.2 Å². The molecule has 0 bridgehead atoms. The first-order valence-corrected chi connectivity index (χ1v) is 10.7. The standard InChI is InChI=1S/C11H26O2Si2/c1-7-14(8-2,9-3)11-15(10-4,12-5)13-6/h7H,1,8-11H2,2-6H3. The molecule has 0 saturated heterocycles. The SMILES string of the molecule is C=C[Si](CC)(CC)C[Si](CC)(OC)OC. The number of hydrogen-bond donors (Lipinski definition) is 0. The van der Waals surface area contributed by atoms with Crippen LogP contribution in [-0.2, 0) is 8.85 Å². The molecule has 0 N–H and O–H groups in total. The van der Waals surface area contributed by atoms with E-state index in [1.54, 1.807) is 14.2 Å². The van der Waals surface area contributed by atoms with Gasteiger partial charge in [0.15, 0.2) is 0 Å². The molecule has 0 aromatic carbocycles. The third-order valence-corrected chi connectivity index (χ3v) is 15.0. The second kappa shape index (κ2) is 6.63. The Labute approximate surface area is 96.9 Å². The lowest BCUT2D eigenvalue weighted by molar-refractivity contribution is 0.248. The van der Waals surface area contributed by atoms with Crippen LogP contribution in [-0.4, -0.2) is 30.9 Å². The Hall–Kier alpha value is 0.0938. The van der Waals surface area contributed by atoms with E-state index in [1.165, 1.54) is 12.1 Å². The monoisotopic (exact) mass is 246 g/mol. The largest absolute Gasteiger partial charge is 0.398 e. The van der Waals surface area contributed by atoms with Crippen molar-refractivity contribution in [1.29, 1.82) is 0 Å². The van der Waals surface area contributed by atoms with Gasteiger partial charge in [-0.25, -0.2) is 0 Å². The van der Waals surface area contributed by atoms with Gasteiger partial charge in [-0.3, -0.25) is 0 Å². The summed E-state index contributed by atoms with van der Waals surface area (Å²) in [7, 11) is 0.331. The van der Waals surface area contributed by atoms with E-state index in [0.29, 0.717) is 0 Å². The highest BCUT2D eigenvalue weighted by atomic mass is 28.4. The van der Waals surface area contributed by atoms with Gasteiger partial charge >= 0.3 is 8.56 Å². The van der Waals surface area contributed by atoms with Gasteiger partial charge in [-0.2, -0.15) is 0 Å². The molecule has 90 valence electrons. The highest BCUT2D eigenvalue weighted by molar-refractivity contribution is 6.95. The van der Waals surface area contributed by atoms with Crippen molar-refractivity contribution in [1.82, 2.24) is 0 Å². The fourth-order valence-electron chi connectivity index (χ4n) is 2.04. The Bertz CT molecular complexity index is 179. The zero-order chi connectivity index (χ0) is 11.9. The Morgan fingerprint density at radius 2 is 1.47 bits per heavy atom. The summed E-state index contributed by atoms with van der Waals surface area (Å²) in [4.78, 5) is 0. The molecule has 0 rings (SSSR count). The first kappa shape index (κ1) is 15.1. The fraction of sp³-hybridized carbons (Fsp3) is 0.818. The van der Waals surface area contributed by atoms with Crippen molar-refractivity contribution in [2.24, 2.45) is 0 Å². The van der Waals surface area contributed by atoms with Gasteiger partial charge in [0.05, 0.1) is 8.07 Å². The summed E-state index contributed by atoms with van der Waals surface area (Å²) in [5.74, 6) is 0. The van der Waals surface area contributed by atoms with Crippen LogP contribution in [0.5, 0.6) is 0 Å². The predicted octanol–water partition coefficient (Wildman–Crippen LogP) is 3.49. The maximum atomic E-state index is 5.70. The fourth-order valence-corrected chi connectivity index (χ4v) is 12.9. The van der Waals surface area contributed by atoms with Gasteiger partial charge < -0.3 is 8.85 Å². The molecule has 0 heterocycles. The molecule has 15 heavy (non-hydrogen) atoms.